The lowest BCUT2D eigenvalue weighted by molar-refractivity contribution is -0.277. The molecule has 3 aromatic rings. The van der Waals surface area contributed by atoms with E-state index >= 15 is 0 Å². The van der Waals surface area contributed by atoms with Crippen LogP contribution in [-0.4, -0.2) is 128 Å². The van der Waals surface area contributed by atoms with Gasteiger partial charge in [-0.05, 0) is 66.3 Å². The smallest absolute Gasteiger partial charge is 0.327 e. The number of hydrogen-bond acceptors (Lipinski definition) is 14. The number of hydrogen-bond donors (Lipinski definition) is 9. The first kappa shape index (κ1) is 40.4. The third-order valence-electron chi connectivity index (χ3n) is 13.0. The first-order valence-corrected chi connectivity index (χ1v) is 19.8. The Morgan fingerprint density at radius 2 is 1.78 bits per heavy atom. The number of nitrogens with zero attached hydrogens (tertiary/aromatic N) is 3. The third kappa shape index (κ3) is 7.02. The minimum atomic E-state index is -1.82. The van der Waals surface area contributed by atoms with Gasteiger partial charge < -0.3 is 55.6 Å². The molecule has 9 atom stereocenters. The molecule has 0 radical (unpaired) electrons. The highest BCUT2D eigenvalue weighted by molar-refractivity contribution is 6.32. The highest BCUT2D eigenvalue weighted by Gasteiger charge is 2.59. The summed E-state index contributed by atoms with van der Waals surface area (Å²) >= 11 is 0. The summed E-state index contributed by atoms with van der Waals surface area (Å²) in [5.74, 6) is -3.70. The summed E-state index contributed by atoms with van der Waals surface area (Å²) in [6.07, 6.45) is -0.370. The number of aliphatic hydroxyl groups is 5. The Balaban J connectivity index is 1.22. The van der Waals surface area contributed by atoms with Gasteiger partial charge in [-0.15, -0.1) is 0 Å². The number of ether oxygens (including phenoxy) is 2. The molecule has 16 heteroatoms. The molecule has 59 heavy (non-hydrogen) atoms. The molecule has 0 unspecified atom stereocenters. The number of phenols is 2. The number of nitrogens with one attached hydrogen (secondary N) is 1. The van der Waals surface area contributed by atoms with Crippen molar-refractivity contribution in [3.05, 3.63) is 82.9 Å². The first-order chi connectivity index (χ1) is 28.4. The van der Waals surface area contributed by atoms with Crippen molar-refractivity contribution in [2.45, 2.75) is 86.6 Å². The van der Waals surface area contributed by atoms with Gasteiger partial charge in [0.1, 0.15) is 42.9 Å². The van der Waals surface area contributed by atoms with Gasteiger partial charge in [0, 0.05) is 59.3 Å². The van der Waals surface area contributed by atoms with Gasteiger partial charge in [0.15, 0.2) is 11.5 Å². The summed E-state index contributed by atoms with van der Waals surface area (Å²) < 4.78 is 11.4. The normalized spacial score (nSPS) is 31.0. The molecule has 4 heterocycles. The number of anilines is 2. The fraction of sp³-hybridized carbons (Fsp3) is 0.442. The van der Waals surface area contributed by atoms with Crippen LogP contribution in [-0.2, 0) is 26.2 Å². The zero-order valence-corrected chi connectivity index (χ0v) is 32.1. The quantitative estimate of drug-likeness (QED) is 0.126. The van der Waals surface area contributed by atoms with Crippen LogP contribution in [0.1, 0.15) is 60.3 Å². The van der Waals surface area contributed by atoms with Crippen LogP contribution in [0.3, 0.4) is 0 Å². The number of carbonyl (C=O) groups excluding carboxylic acids is 1. The summed E-state index contributed by atoms with van der Waals surface area (Å²) in [6.45, 7) is -0.122. The number of amides is 1. The minimum Gasteiger partial charge on any atom is -0.508 e. The number of carbonyl (C=O) groups is 2. The lowest BCUT2D eigenvalue weighted by atomic mass is 9.49. The van der Waals surface area contributed by atoms with E-state index in [9.17, 15) is 50.4 Å². The van der Waals surface area contributed by atoms with Crippen LogP contribution in [0.5, 0.6) is 17.2 Å². The minimum absolute atomic E-state index is 0.0333. The molecule has 9 N–H and O–H groups in total. The molecule has 1 amide bonds. The summed E-state index contributed by atoms with van der Waals surface area (Å²) in [5.41, 5.74) is 2.65. The molecule has 0 spiro atoms. The van der Waals surface area contributed by atoms with Crippen molar-refractivity contribution >= 4 is 41.3 Å². The van der Waals surface area contributed by atoms with Gasteiger partial charge in [0.25, 0.3) is 5.91 Å². The van der Waals surface area contributed by atoms with Crippen LogP contribution in [0, 0.1) is 5.41 Å². The second kappa shape index (κ2) is 16.0. The first-order valence-electron chi connectivity index (χ1n) is 19.8. The van der Waals surface area contributed by atoms with Crippen molar-refractivity contribution < 1.29 is 59.9 Å². The van der Waals surface area contributed by atoms with Crippen molar-refractivity contribution in [3.8, 4) is 17.2 Å². The zero-order valence-electron chi connectivity index (χ0n) is 32.1. The van der Waals surface area contributed by atoms with Crippen molar-refractivity contribution in [3.63, 3.8) is 0 Å². The van der Waals surface area contributed by atoms with Crippen LogP contribution < -0.4 is 15.0 Å². The molecule has 8 rings (SSSR count). The van der Waals surface area contributed by atoms with E-state index in [1.807, 2.05) is 24.3 Å². The molecule has 0 aromatic heterocycles. The molecule has 3 aromatic carbocycles. The monoisotopic (exact) mass is 812 g/mol. The fourth-order valence-electron chi connectivity index (χ4n) is 9.92. The number of phenolic OH excluding ortho intramolecular Hbond substituents is 2. The van der Waals surface area contributed by atoms with Crippen LogP contribution >= 0.6 is 0 Å². The number of para-hydroxylation sites is 1. The van der Waals surface area contributed by atoms with Gasteiger partial charge >= 0.3 is 5.97 Å². The maximum absolute atomic E-state index is 14.5. The number of rotatable bonds is 11. The summed E-state index contributed by atoms with van der Waals surface area (Å²) in [4.78, 5) is 37.7. The lowest BCUT2D eigenvalue weighted by Gasteiger charge is -2.58. The van der Waals surface area contributed by atoms with Crippen LogP contribution in [0.15, 0.2) is 70.7 Å². The van der Waals surface area contributed by atoms with Gasteiger partial charge in [0.2, 0.25) is 6.29 Å². The van der Waals surface area contributed by atoms with Gasteiger partial charge in [-0.25, -0.2) is 4.79 Å². The second-order valence-electron chi connectivity index (χ2n) is 16.1. The number of aliphatic imine (C=N–C) groups is 2. The molecule has 4 aliphatic heterocycles. The summed E-state index contributed by atoms with van der Waals surface area (Å²) in [7, 11) is 0. The van der Waals surface area contributed by atoms with E-state index in [2.05, 4.69) is 15.3 Å². The Hall–Kier alpha value is -5.36. The Morgan fingerprint density at radius 3 is 2.53 bits per heavy atom. The number of aromatic hydroxyl groups is 2. The van der Waals surface area contributed by atoms with E-state index in [1.165, 1.54) is 30.4 Å². The molecular weight excluding hydrogens is 764 g/mol. The Labute approximate surface area is 339 Å². The van der Waals surface area contributed by atoms with Gasteiger partial charge in [-0.2, -0.15) is 0 Å². The molecular formula is C43H48N4O12. The van der Waals surface area contributed by atoms with E-state index < -0.39 is 77.7 Å². The highest BCUT2D eigenvalue weighted by atomic mass is 16.7. The molecule has 1 aliphatic carbocycles. The maximum Gasteiger partial charge on any atom is 0.327 e. The fourth-order valence-corrected chi connectivity index (χ4v) is 9.92. The average molecular weight is 813 g/mol. The Bertz CT molecular complexity index is 2210. The van der Waals surface area contributed by atoms with E-state index in [4.69, 9.17) is 9.47 Å². The maximum atomic E-state index is 14.5. The molecule has 16 nitrogen and oxygen atoms in total. The molecule has 0 bridgehead atoms. The van der Waals surface area contributed by atoms with Gasteiger partial charge in [-0.3, -0.25) is 19.7 Å². The SMILES string of the molecule is O=C(O)[C@H]1[C@H](C[C@]23CCCC[C@@]2(CO)CNc2ccccc23)c2cc(O)c(O[C@@H]3O[C@H](CO)[C@@H](O)[C@H](O)[C@H]3O)cc2N1C(=O)/C=C\c1ccc(O)c(CC2=NCN=C2)c1. The molecule has 1 saturated heterocycles. The van der Waals surface area contributed by atoms with Crippen LogP contribution in [0.25, 0.3) is 6.08 Å². The summed E-state index contributed by atoms with van der Waals surface area (Å²) in [5, 5.41) is 89.1. The standard InChI is InChI=1S/C43H48N4O12/c48-19-34-37(53)38(54)39(55)41(59-34)58-33-16-30-26(15-32(33)51)27(17-43-12-4-3-11-42(43,21-49)20-45-29-6-2-1-5-28(29)43)36(40(56)57)47(30)35(52)10-8-23-7-9-31(50)24(13-23)14-25-18-44-22-46-25/h1-2,5-10,13,15-16,18,27,34,36-39,41,45,48-51,53-55H,3-4,11-12,14,17,19-22H2,(H,56,57)/b10-8-/t27-,34-,36-,37-,38+,39-,41-,42+,43+/m1/s1. The molecule has 2 fully saturated rings. The number of benzene rings is 3. The molecule has 312 valence electrons. The van der Waals surface area contributed by atoms with Crippen LogP contribution in [0.4, 0.5) is 11.4 Å². The van der Waals surface area contributed by atoms with Crippen molar-refractivity contribution in [1.29, 1.82) is 0 Å². The molecule has 5 aliphatic rings. The van der Waals surface area contributed by atoms with Crippen molar-refractivity contribution in [2.24, 2.45) is 15.4 Å². The average Bonchev–Trinajstić information content (AvgIpc) is 3.87. The topological polar surface area (TPSA) is 254 Å². The number of aliphatic carboxylic acids is 1. The van der Waals surface area contributed by atoms with Crippen molar-refractivity contribution in [1.82, 2.24) is 0 Å². The van der Waals surface area contributed by atoms with Crippen LogP contribution in [0.2, 0.25) is 0 Å². The van der Waals surface area contributed by atoms with E-state index in [0.29, 0.717) is 54.9 Å². The number of carboxylic acid groups (broad SMARTS) is 1. The van der Waals surface area contributed by atoms with E-state index in [1.54, 1.807) is 18.3 Å². The number of fused-ring (bicyclic) bond motifs is 4. The van der Waals surface area contributed by atoms with Gasteiger partial charge in [-0.1, -0.05) is 37.1 Å². The Kier molecular flexibility index (Phi) is 11.0. The Morgan fingerprint density at radius 1 is 0.983 bits per heavy atom. The van der Waals surface area contributed by atoms with Gasteiger partial charge in [0.05, 0.1) is 24.6 Å². The number of aliphatic hydroxyl groups excluding tert-OH is 5. The van der Waals surface area contributed by atoms with E-state index in [0.717, 1.165) is 29.0 Å². The second-order valence-corrected chi connectivity index (χ2v) is 16.1. The number of carboxylic acids is 1. The zero-order chi connectivity index (χ0) is 41.6. The third-order valence-corrected chi connectivity index (χ3v) is 13.0. The lowest BCUT2D eigenvalue weighted by Crippen LogP contribution is -2.60. The van der Waals surface area contributed by atoms with E-state index in [-0.39, 0.29) is 30.2 Å². The predicted octanol–water partition coefficient (Wildman–Crippen LogP) is 2.20. The summed E-state index contributed by atoms with van der Waals surface area (Å²) in [6, 6.07) is 13.7. The largest absolute Gasteiger partial charge is 0.508 e. The van der Waals surface area contributed by atoms with Crippen molar-refractivity contribution in [2.75, 3.05) is 36.6 Å². The predicted molar refractivity (Wildman–Crippen MR) is 215 cm³/mol. The molecule has 1 saturated carbocycles. The highest BCUT2D eigenvalue weighted by Crippen LogP contribution is 2.62.